The van der Waals surface area contributed by atoms with Crippen LogP contribution in [0.2, 0.25) is 0 Å². The van der Waals surface area contributed by atoms with Gasteiger partial charge in [-0.2, -0.15) is 0 Å². The van der Waals surface area contributed by atoms with E-state index in [0.717, 1.165) is 36.8 Å². The second kappa shape index (κ2) is 8.32. The molecule has 0 aromatic carbocycles. The predicted octanol–water partition coefficient (Wildman–Crippen LogP) is 2.43. The maximum atomic E-state index is 5.49. The predicted molar refractivity (Wildman–Crippen MR) is 103 cm³/mol. The molecule has 2 unspecified atom stereocenters. The number of rotatable bonds is 5. The number of guanidine groups is 1. The van der Waals surface area contributed by atoms with Crippen LogP contribution >= 0.6 is 24.0 Å². The van der Waals surface area contributed by atoms with Crippen molar-refractivity contribution >= 4 is 29.9 Å². The van der Waals surface area contributed by atoms with Crippen LogP contribution in [0, 0.1) is 19.3 Å². The molecule has 2 N–H and O–H groups in total. The first-order valence-corrected chi connectivity index (χ1v) is 7.81. The fourth-order valence-electron chi connectivity index (χ4n) is 3.05. The number of aryl methyl sites for hydroxylation is 2. The largest absolute Gasteiger partial charge is 0.381 e. The van der Waals surface area contributed by atoms with Crippen molar-refractivity contribution in [1.29, 1.82) is 0 Å². The van der Waals surface area contributed by atoms with Gasteiger partial charge >= 0.3 is 0 Å². The van der Waals surface area contributed by atoms with Gasteiger partial charge in [0, 0.05) is 37.7 Å². The lowest BCUT2D eigenvalue weighted by atomic mass is 9.64. The average Bonchev–Trinajstić information content (AvgIpc) is 2.80. The molecular weight excluding hydrogens is 407 g/mol. The van der Waals surface area contributed by atoms with Crippen molar-refractivity contribution in [3.8, 4) is 0 Å². The van der Waals surface area contributed by atoms with Crippen molar-refractivity contribution in [2.24, 2.45) is 10.4 Å². The van der Waals surface area contributed by atoms with Crippen LogP contribution in [0.5, 0.6) is 0 Å². The number of ether oxygens (including phenoxy) is 1. The Hall–Kier alpha value is -0.830. The summed E-state index contributed by atoms with van der Waals surface area (Å²) < 4.78 is 10.7. The van der Waals surface area contributed by atoms with Crippen molar-refractivity contribution < 1.29 is 9.26 Å². The summed E-state index contributed by atoms with van der Waals surface area (Å²) in [5, 5.41) is 10.8. The lowest BCUT2D eigenvalue weighted by molar-refractivity contribution is -0.0922. The molecule has 1 aliphatic rings. The number of hydrogen-bond acceptors (Lipinski definition) is 4. The number of aliphatic imine (C=N–C) groups is 1. The summed E-state index contributed by atoms with van der Waals surface area (Å²) in [6.45, 7) is 9.16. The highest BCUT2D eigenvalue weighted by atomic mass is 127. The molecule has 2 rings (SSSR count). The third-order valence-electron chi connectivity index (χ3n) is 4.85. The zero-order valence-electron chi connectivity index (χ0n) is 14.9. The van der Waals surface area contributed by atoms with Gasteiger partial charge < -0.3 is 19.9 Å². The van der Waals surface area contributed by atoms with Crippen LogP contribution in [-0.4, -0.2) is 44.0 Å². The Kier molecular flexibility index (Phi) is 7.31. The Labute approximate surface area is 155 Å². The van der Waals surface area contributed by atoms with Gasteiger partial charge in [-0.3, -0.25) is 4.99 Å². The van der Waals surface area contributed by atoms with Gasteiger partial charge in [0.25, 0.3) is 0 Å². The van der Waals surface area contributed by atoms with E-state index in [2.05, 4.69) is 34.6 Å². The quantitative estimate of drug-likeness (QED) is 0.422. The number of nitrogens with zero attached hydrogens (tertiary/aromatic N) is 2. The highest BCUT2D eigenvalue weighted by molar-refractivity contribution is 14.0. The van der Waals surface area contributed by atoms with Crippen LogP contribution in [0.3, 0.4) is 0 Å². The molecule has 7 heteroatoms. The zero-order chi connectivity index (χ0) is 16.3. The number of nitrogens with one attached hydrogen (secondary N) is 2. The zero-order valence-corrected chi connectivity index (χ0v) is 17.2. The molecule has 23 heavy (non-hydrogen) atoms. The summed E-state index contributed by atoms with van der Waals surface area (Å²) in [4.78, 5) is 4.30. The van der Waals surface area contributed by atoms with Crippen LogP contribution in [0.1, 0.15) is 37.3 Å². The van der Waals surface area contributed by atoms with Crippen LogP contribution in [0.15, 0.2) is 9.52 Å². The molecule has 1 aromatic rings. The smallest absolute Gasteiger partial charge is 0.191 e. The molecule has 0 saturated heterocycles. The molecule has 0 spiro atoms. The SMILES string of the molecule is CN=C(NCCc1c(C)noc1C)NC1CC(OC)C1(C)C.I. The van der Waals surface area contributed by atoms with Crippen LogP contribution in [-0.2, 0) is 11.2 Å². The van der Waals surface area contributed by atoms with Crippen LogP contribution < -0.4 is 10.6 Å². The van der Waals surface area contributed by atoms with Gasteiger partial charge in [0.1, 0.15) is 5.76 Å². The Bertz CT molecular complexity index is 523. The van der Waals surface area contributed by atoms with Crippen molar-refractivity contribution in [2.45, 2.75) is 52.7 Å². The number of aromatic nitrogens is 1. The van der Waals surface area contributed by atoms with E-state index < -0.39 is 0 Å². The highest BCUT2D eigenvalue weighted by Gasteiger charge is 2.48. The first kappa shape index (κ1) is 20.2. The average molecular weight is 436 g/mol. The molecule has 1 fully saturated rings. The summed E-state index contributed by atoms with van der Waals surface area (Å²) in [5.41, 5.74) is 2.25. The summed E-state index contributed by atoms with van der Waals surface area (Å²) >= 11 is 0. The molecular formula is C16H29IN4O2. The molecule has 1 aliphatic carbocycles. The fraction of sp³-hybridized carbons (Fsp3) is 0.750. The van der Waals surface area contributed by atoms with Crippen molar-refractivity contribution in [3.05, 3.63) is 17.0 Å². The van der Waals surface area contributed by atoms with Gasteiger partial charge in [0.2, 0.25) is 0 Å². The summed E-state index contributed by atoms with van der Waals surface area (Å²) in [6, 6.07) is 0.378. The summed E-state index contributed by atoms with van der Waals surface area (Å²) in [5.74, 6) is 1.73. The lowest BCUT2D eigenvalue weighted by Gasteiger charge is -2.51. The Morgan fingerprint density at radius 1 is 1.43 bits per heavy atom. The first-order valence-electron chi connectivity index (χ1n) is 7.81. The molecule has 1 aromatic heterocycles. The molecule has 0 radical (unpaired) electrons. The molecule has 132 valence electrons. The number of halogens is 1. The summed E-state index contributed by atoms with van der Waals surface area (Å²) in [6.07, 6.45) is 2.19. The van der Waals surface area contributed by atoms with Gasteiger partial charge in [-0.1, -0.05) is 19.0 Å². The third-order valence-corrected chi connectivity index (χ3v) is 4.85. The van der Waals surface area contributed by atoms with Crippen LogP contribution in [0.4, 0.5) is 0 Å². The number of methoxy groups -OCH3 is 1. The molecule has 0 aliphatic heterocycles. The van der Waals surface area contributed by atoms with E-state index in [9.17, 15) is 0 Å². The Morgan fingerprint density at radius 3 is 2.61 bits per heavy atom. The second-order valence-corrected chi connectivity index (χ2v) is 6.53. The van der Waals surface area contributed by atoms with E-state index in [0.29, 0.717) is 12.1 Å². The molecule has 1 heterocycles. The third kappa shape index (κ3) is 4.37. The molecule has 2 atom stereocenters. The molecule has 1 saturated carbocycles. The van der Waals surface area contributed by atoms with E-state index in [1.165, 1.54) is 5.56 Å². The molecule has 6 nitrogen and oxygen atoms in total. The molecule has 0 amide bonds. The van der Waals surface area contributed by atoms with Gasteiger partial charge in [-0.15, -0.1) is 24.0 Å². The van der Waals surface area contributed by atoms with E-state index in [4.69, 9.17) is 9.26 Å². The van der Waals surface area contributed by atoms with Crippen molar-refractivity contribution in [3.63, 3.8) is 0 Å². The van der Waals surface area contributed by atoms with Crippen LogP contribution in [0.25, 0.3) is 0 Å². The van der Waals surface area contributed by atoms with Gasteiger partial charge in [-0.05, 0) is 26.7 Å². The van der Waals surface area contributed by atoms with E-state index in [-0.39, 0.29) is 29.4 Å². The Morgan fingerprint density at radius 2 is 2.13 bits per heavy atom. The summed E-state index contributed by atoms with van der Waals surface area (Å²) in [7, 11) is 3.57. The Balaban J connectivity index is 0.00000264. The van der Waals surface area contributed by atoms with E-state index in [1.807, 2.05) is 13.8 Å². The minimum Gasteiger partial charge on any atom is -0.381 e. The number of hydrogen-bond donors (Lipinski definition) is 2. The normalized spacial score (nSPS) is 23.0. The van der Waals surface area contributed by atoms with Gasteiger partial charge in [-0.25, -0.2) is 0 Å². The van der Waals surface area contributed by atoms with Gasteiger partial charge in [0.15, 0.2) is 5.96 Å². The second-order valence-electron chi connectivity index (χ2n) is 6.53. The standard InChI is InChI=1S/C16H28N4O2.HI/c1-10-12(11(2)22-20-10)7-8-18-15(17-5)19-13-9-14(21-6)16(13,3)4;/h13-14H,7-9H2,1-6H3,(H2,17,18,19);1H. The fourth-order valence-corrected chi connectivity index (χ4v) is 3.05. The van der Waals surface area contributed by atoms with Gasteiger partial charge in [0.05, 0.1) is 11.8 Å². The molecule has 0 bridgehead atoms. The van der Waals surface area contributed by atoms with Crippen molar-refractivity contribution in [1.82, 2.24) is 15.8 Å². The van der Waals surface area contributed by atoms with E-state index in [1.54, 1.807) is 14.2 Å². The monoisotopic (exact) mass is 436 g/mol. The van der Waals surface area contributed by atoms with E-state index >= 15 is 0 Å². The minimum atomic E-state index is 0. The maximum absolute atomic E-state index is 5.49. The minimum absolute atomic E-state index is 0. The topological polar surface area (TPSA) is 71.7 Å². The maximum Gasteiger partial charge on any atom is 0.191 e. The van der Waals surface area contributed by atoms with Crippen molar-refractivity contribution in [2.75, 3.05) is 20.7 Å². The highest BCUT2D eigenvalue weighted by Crippen LogP contribution is 2.42. The lowest BCUT2D eigenvalue weighted by Crippen LogP contribution is -2.63. The first-order chi connectivity index (χ1) is 10.4.